The highest BCUT2D eigenvalue weighted by molar-refractivity contribution is 6.10. The minimum absolute atomic E-state index is 0.0913. The van der Waals surface area contributed by atoms with Crippen LogP contribution in [0.1, 0.15) is 36.9 Å². The molecular formula is C30H32FN3O6. The first-order valence-corrected chi connectivity index (χ1v) is 13.0. The van der Waals surface area contributed by atoms with Crippen molar-refractivity contribution in [1.82, 2.24) is 10.2 Å². The van der Waals surface area contributed by atoms with Gasteiger partial charge in [0.15, 0.2) is 0 Å². The van der Waals surface area contributed by atoms with Crippen LogP contribution in [0.15, 0.2) is 72.8 Å². The largest absolute Gasteiger partial charge is 0.494 e. The zero-order chi connectivity index (χ0) is 28.6. The second-order valence-corrected chi connectivity index (χ2v) is 9.21. The fraction of sp³-hybridized carbons (Fsp3) is 0.300. The van der Waals surface area contributed by atoms with Gasteiger partial charge in [-0.25, -0.2) is 14.1 Å². The van der Waals surface area contributed by atoms with Crippen molar-refractivity contribution in [2.45, 2.75) is 31.8 Å². The maximum Gasteiger partial charge on any atom is 0.325 e. The molecule has 3 atom stereocenters. The highest BCUT2D eigenvalue weighted by Crippen LogP contribution is 2.32. The molecule has 1 aliphatic rings. The first-order valence-electron chi connectivity index (χ1n) is 13.0. The standard InChI is InChI=1S/C30H32FN3O6/c1-4-39-23-14-15-25(24(31)18-23)32-28(35)27(19(2)20-8-6-5-7-9-20)34-29(36)26(33-30(34)37)21-10-12-22(13-11-21)40-17-16-38-3/h5-15,18-19,26-27H,4,16-17H2,1-3H3,(H,32,35)(H,33,37)/t19-,26+,27?/m0/s1. The van der Waals surface area contributed by atoms with Crippen LogP contribution in [0, 0.1) is 5.82 Å². The van der Waals surface area contributed by atoms with Gasteiger partial charge >= 0.3 is 6.03 Å². The number of nitrogens with one attached hydrogen (secondary N) is 2. The van der Waals surface area contributed by atoms with Crippen molar-refractivity contribution in [3.63, 3.8) is 0 Å². The highest BCUT2D eigenvalue weighted by Gasteiger charge is 2.47. The fourth-order valence-corrected chi connectivity index (χ4v) is 4.55. The summed E-state index contributed by atoms with van der Waals surface area (Å²) in [6.07, 6.45) is 0. The number of carbonyl (C=O) groups excluding carboxylic acids is 3. The predicted octanol–water partition coefficient (Wildman–Crippen LogP) is 4.65. The minimum Gasteiger partial charge on any atom is -0.494 e. The van der Waals surface area contributed by atoms with Crippen molar-refractivity contribution in [3.05, 3.63) is 89.7 Å². The Morgan fingerprint density at radius 2 is 1.70 bits per heavy atom. The molecule has 1 heterocycles. The lowest BCUT2D eigenvalue weighted by Gasteiger charge is -2.30. The van der Waals surface area contributed by atoms with Crippen molar-refractivity contribution in [3.8, 4) is 11.5 Å². The van der Waals surface area contributed by atoms with E-state index in [1.165, 1.54) is 18.2 Å². The third kappa shape index (κ3) is 6.40. The molecule has 1 aliphatic heterocycles. The highest BCUT2D eigenvalue weighted by atomic mass is 19.1. The molecule has 9 nitrogen and oxygen atoms in total. The summed E-state index contributed by atoms with van der Waals surface area (Å²) >= 11 is 0. The van der Waals surface area contributed by atoms with Gasteiger partial charge in [-0.1, -0.05) is 49.4 Å². The molecule has 0 aromatic heterocycles. The monoisotopic (exact) mass is 549 g/mol. The number of ether oxygens (including phenoxy) is 3. The molecule has 40 heavy (non-hydrogen) atoms. The molecule has 2 N–H and O–H groups in total. The summed E-state index contributed by atoms with van der Waals surface area (Å²) in [5.74, 6) is -1.69. The lowest BCUT2D eigenvalue weighted by Crippen LogP contribution is -2.50. The van der Waals surface area contributed by atoms with Crippen molar-refractivity contribution in [1.29, 1.82) is 0 Å². The normalized spacial score (nSPS) is 16.3. The Morgan fingerprint density at radius 1 is 1.00 bits per heavy atom. The Labute approximate surface area is 232 Å². The van der Waals surface area contributed by atoms with Crippen molar-refractivity contribution in [2.24, 2.45) is 0 Å². The number of halogens is 1. The average Bonchev–Trinajstić information content (AvgIpc) is 3.25. The zero-order valence-corrected chi connectivity index (χ0v) is 22.6. The quantitative estimate of drug-likeness (QED) is 0.252. The number of methoxy groups -OCH3 is 1. The van der Waals surface area contributed by atoms with Crippen LogP contribution in [0.25, 0.3) is 0 Å². The van der Waals surface area contributed by atoms with E-state index in [4.69, 9.17) is 14.2 Å². The van der Waals surface area contributed by atoms with Gasteiger partial charge in [0.25, 0.3) is 5.91 Å². The molecule has 1 unspecified atom stereocenters. The number of benzene rings is 3. The lowest BCUT2D eigenvalue weighted by atomic mass is 9.91. The second-order valence-electron chi connectivity index (χ2n) is 9.21. The number of carbonyl (C=O) groups is 3. The zero-order valence-electron chi connectivity index (χ0n) is 22.6. The van der Waals surface area contributed by atoms with Gasteiger partial charge in [0.05, 0.1) is 18.9 Å². The van der Waals surface area contributed by atoms with E-state index in [2.05, 4.69) is 10.6 Å². The predicted molar refractivity (Wildman–Crippen MR) is 147 cm³/mol. The van der Waals surface area contributed by atoms with E-state index in [1.807, 2.05) is 6.07 Å². The third-order valence-corrected chi connectivity index (χ3v) is 6.60. The SMILES string of the molecule is CCOc1ccc(NC(=O)C([C@@H](C)c2ccccc2)N2C(=O)N[C@H](c3ccc(OCCOC)cc3)C2=O)c(F)c1. The Kier molecular flexibility index (Phi) is 9.34. The van der Waals surface area contributed by atoms with Crippen LogP contribution in [0.3, 0.4) is 0 Å². The lowest BCUT2D eigenvalue weighted by molar-refractivity contribution is -0.134. The summed E-state index contributed by atoms with van der Waals surface area (Å²) in [6, 6.07) is 16.9. The van der Waals surface area contributed by atoms with E-state index in [1.54, 1.807) is 69.5 Å². The number of amides is 4. The Morgan fingerprint density at radius 3 is 2.35 bits per heavy atom. The summed E-state index contributed by atoms with van der Waals surface area (Å²) in [7, 11) is 1.58. The first-order chi connectivity index (χ1) is 19.3. The summed E-state index contributed by atoms with van der Waals surface area (Å²) in [6.45, 7) is 4.68. The fourth-order valence-electron chi connectivity index (χ4n) is 4.55. The number of nitrogens with zero attached hydrogens (tertiary/aromatic N) is 1. The summed E-state index contributed by atoms with van der Waals surface area (Å²) in [5, 5.41) is 5.25. The van der Waals surface area contributed by atoms with Gasteiger partial charge in [0, 0.05) is 19.1 Å². The van der Waals surface area contributed by atoms with Crippen LogP contribution in [-0.4, -0.2) is 55.7 Å². The van der Waals surface area contributed by atoms with Gasteiger partial charge in [-0.15, -0.1) is 0 Å². The number of hydrogen-bond acceptors (Lipinski definition) is 6. The molecule has 4 amide bonds. The molecule has 0 spiro atoms. The van der Waals surface area contributed by atoms with Crippen LogP contribution in [0.5, 0.6) is 11.5 Å². The maximum absolute atomic E-state index is 14.8. The molecule has 0 radical (unpaired) electrons. The molecule has 3 aromatic rings. The number of imide groups is 1. The van der Waals surface area contributed by atoms with E-state index < -0.39 is 41.7 Å². The van der Waals surface area contributed by atoms with Crippen molar-refractivity contribution >= 4 is 23.5 Å². The van der Waals surface area contributed by atoms with Gasteiger partial charge in [-0.2, -0.15) is 0 Å². The van der Waals surface area contributed by atoms with Crippen LogP contribution in [0.2, 0.25) is 0 Å². The number of rotatable bonds is 12. The van der Waals surface area contributed by atoms with Gasteiger partial charge in [-0.3, -0.25) is 9.59 Å². The van der Waals surface area contributed by atoms with E-state index in [-0.39, 0.29) is 5.69 Å². The van der Waals surface area contributed by atoms with E-state index in [0.717, 1.165) is 10.5 Å². The van der Waals surface area contributed by atoms with Gasteiger partial charge in [0.1, 0.15) is 36.0 Å². The van der Waals surface area contributed by atoms with Crippen molar-refractivity contribution in [2.75, 3.05) is 32.2 Å². The number of anilines is 1. The van der Waals surface area contributed by atoms with Crippen LogP contribution in [-0.2, 0) is 14.3 Å². The topological polar surface area (TPSA) is 106 Å². The summed E-state index contributed by atoms with van der Waals surface area (Å²) < 4.78 is 30.7. The van der Waals surface area contributed by atoms with E-state index >= 15 is 0 Å². The van der Waals surface area contributed by atoms with E-state index in [9.17, 15) is 18.8 Å². The third-order valence-electron chi connectivity index (χ3n) is 6.60. The molecular weight excluding hydrogens is 517 g/mol. The van der Waals surface area contributed by atoms with Crippen LogP contribution < -0.4 is 20.1 Å². The molecule has 3 aromatic carbocycles. The Bertz CT molecular complexity index is 1340. The number of hydrogen-bond donors (Lipinski definition) is 2. The first kappa shape index (κ1) is 28.6. The maximum atomic E-state index is 14.8. The smallest absolute Gasteiger partial charge is 0.325 e. The van der Waals surface area contributed by atoms with Crippen LogP contribution in [0.4, 0.5) is 14.9 Å². The van der Waals surface area contributed by atoms with Gasteiger partial charge < -0.3 is 24.8 Å². The molecule has 4 rings (SSSR count). The average molecular weight is 550 g/mol. The Hall–Kier alpha value is -4.44. The minimum atomic E-state index is -1.26. The Balaban J connectivity index is 1.61. The molecule has 10 heteroatoms. The molecule has 1 saturated heterocycles. The molecule has 210 valence electrons. The second kappa shape index (κ2) is 13.1. The molecule has 0 saturated carbocycles. The van der Waals surface area contributed by atoms with E-state index in [0.29, 0.717) is 36.9 Å². The van der Waals surface area contributed by atoms with Crippen molar-refractivity contribution < 1.29 is 33.0 Å². The summed E-state index contributed by atoms with van der Waals surface area (Å²) in [4.78, 5) is 41.5. The van der Waals surface area contributed by atoms with Crippen LogP contribution >= 0.6 is 0 Å². The number of urea groups is 1. The van der Waals surface area contributed by atoms with Gasteiger partial charge in [0.2, 0.25) is 5.91 Å². The van der Waals surface area contributed by atoms with Gasteiger partial charge in [-0.05, 0) is 42.3 Å². The summed E-state index contributed by atoms with van der Waals surface area (Å²) in [5.41, 5.74) is 1.17. The molecule has 1 fully saturated rings. The molecule has 0 bridgehead atoms. The molecule has 0 aliphatic carbocycles.